The molecule has 1 aliphatic carbocycles. The second-order valence-electron chi connectivity index (χ2n) is 8.92. The van der Waals surface area contributed by atoms with Crippen molar-refractivity contribution >= 4 is 23.4 Å². The van der Waals surface area contributed by atoms with Crippen LogP contribution in [0, 0.1) is 0 Å². The van der Waals surface area contributed by atoms with E-state index in [4.69, 9.17) is 16.0 Å². The molecule has 0 spiro atoms. The van der Waals surface area contributed by atoms with Crippen molar-refractivity contribution in [1.29, 1.82) is 0 Å². The second-order valence-corrected chi connectivity index (χ2v) is 9.36. The summed E-state index contributed by atoms with van der Waals surface area (Å²) < 4.78 is 5.54. The molecular formula is C26H26ClN7O3. The molecule has 3 aromatic heterocycles. The number of pyridine rings is 1. The average Bonchev–Trinajstić information content (AvgIpc) is 3.69. The maximum atomic E-state index is 13.7. The number of rotatable bonds is 9. The van der Waals surface area contributed by atoms with Crippen LogP contribution in [0.2, 0.25) is 5.02 Å². The molecule has 0 bridgehead atoms. The Labute approximate surface area is 218 Å². The molecule has 3 heterocycles. The van der Waals surface area contributed by atoms with E-state index >= 15 is 0 Å². The number of hydrogen-bond acceptors (Lipinski definition) is 7. The lowest BCUT2D eigenvalue weighted by atomic mass is 10.0. The highest BCUT2D eigenvalue weighted by atomic mass is 35.5. The van der Waals surface area contributed by atoms with Crippen molar-refractivity contribution < 1.29 is 14.0 Å². The van der Waals surface area contributed by atoms with Gasteiger partial charge in [0.15, 0.2) is 0 Å². The van der Waals surface area contributed by atoms with Gasteiger partial charge in [-0.05, 0) is 72.1 Å². The van der Waals surface area contributed by atoms with Crippen LogP contribution >= 0.6 is 11.6 Å². The van der Waals surface area contributed by atoms with Gasteiger partial charge >= 0.3 is 0 Å². The normalized spacial score (nSPS) is 14.4. The van der Waals surface area contributed by atoms with Crippen LogP contribution < -0.4 is 5.32 Å². The molecule has 1 saturated carbocycles. The number of aromatic nitrogens is 5. The minimum atomic E-state index is -0.888. The zero-order chi connectivity index (χ0) is 25.6. The molecule has 10 nitrogen and oxygen atoms in total. The summed E-state index contributed by atoms with van der Waals surface area (Å²) in [7, 11) is 0. The first-order valence-corrected chi connectivity index (χ1v) is 12.5. The molecule has 4 aromatic rings. The van der Waals surface area contributed by atoms with Crippen LogP contribution in [-0.2, 0) is 22.7 Å². The molecule has 2 amide bonds. The Balaban J connectivity index is 1.43. The van der Waals surface area contributed by atoms with E-state index in [0.29, 0.717) is 22.2 Å². The summed E-state index contributed by atoms with van der Waals surface area (Å²) in [6.45, 7) is -0.116. The number of nitrogens with zero attached hydrogens (tertiary/aromatic N) is 6. The molecule has 11 heteroatoms. The van der Waals surface area contributed by atoms with E-state index in [1.165, 1.54) is 16.0 Å². The monoisotopic (exact) mass is 519 g/mol. The summed E-state index contributed by atoms with van der Waals surface area (Å²) in [4.78, 5) is 34.1. The number of amides is 2. The van der Waals surface area contributed by atoms with Crippen molar-refractivity contribution in [1.82, 2.24) is 35.4 Å². The summed E-state index contributed by atoms with van der Waals surface area (Å²) in [6, 6.07) is 13.2. The van der Waals surface area contributed by atoms with Gasteiger partial charge < -0.3 is 14.6 Å². The summed E-state index contributed by atoms with van der Waals surface area (Å²) in [5, 5.41) is 16.2. The zero-order valence-corrected chi connectivity index (χ0v) is 20.8. The van der Waals surface area contributed by atoms with Crippen LogP contribution in [-0.4, -0.2) is 47.9 Å². The molecule has 1 aliphatic rings. The first kappa shape index (κ1) is 24.6. The van der Waals surface area contributed by atoms with Crippen molar-refractivity contribution in [3.05, 3.63) is 83.5 Å². The number of hydrogen-bond donors (Lipinski definition) is 1. The Bertz CT molecular complexity index is 1320. The van der Waals surface area contributed by atoms with Crippen molar-refractivity contribution in [3.8, 4) is 11.4 Å². The Morgan fingerprint density at radius 3 is 2.57 bits per heavy atom. The van der Waals surface area contributed by atoms with Gasteiger partial charge in [-0.1, -0.05) is 24.4 Å². The predicted octanol–water partition coefficient (Wildman–Crippen LogP) is 3.81. The third kappa shape index (κ3) is 6.03. The molecule has 5 rings (SSSR count). The number of halogens is 1. The van der Waals surface area contributed by atoms with Crippen LogP contribution in [0.5, 0.6) is 0 Å². The Morgan fingerprint density at radius 2 is 1.86 bits per heavy atom. The van der Waals surface area contributed by atoms with Gasteiger partial charge in [-0.25, -0.2) is 0 Å². The molecule has 1 aromatic carbocycles. The van der Waals surface area contributed by atoms with Crippen LogP contribution in [0.3, 0.4) is 0 Å². The SMILES string of the molecule is O=C(NC1CCCC1)[C@@H](c1ccncc1)N(Cc1ccco1)C(=O)Cn1nnc(-c2ccc(Cl)cc2)n1. The quantitative estimate of drug-likeness (QED) is 0.357. The van der Waals surface area contributed by atoms with E-state index in [1.807, 2.05) is 0 Å². The van der Waals surface area contributed by atoms with Crippen molar-refractivity contribution in [2.75, 3.05) is 0 Å². The Kier molecular flexibility index (Phi) is 7.55. The molecule has 0 radical (unpaired) electrons. The lowest BCUT2D eigenvalue weighted by Gasteiger charge is -2.31. The second kappa shape index (κ2) is 11.3. The summed E-state index contributed by atoms with van der Waals surface area (Å²) in [6.07, 6.45) is 8.77. The van der Waals surface area contributed by atoms with E-state index in [1.54, 1.807) is 60.9 Å². The van der Waals surface area contributed by atoms with Crippen molar-refractivity contribution in [3.63, 3.8) is 0 Å². The molecule has 37 heavy (non-hydrogen) atoms. The first-order valence-electron chi connectivity index (χ1n) is 12.1. The lowest BCUT2D eigenvalue weighted by Crippen LogP contribution is -2.46. The van der Waals surface area contributed by atoms with Crippen LogP contribution in [0.15, 0.2) is 71.6 Å². The predicted molar refractivity (Wildman–Crippen MR) is 135 cm³/mol. The fourth-order valence-corrected chi connectivity index (χ4v) is 4.63. The number of furan rings is 1. The zero-order valence-electron chi connectivity index (χ0n) is 20.0. The van der Waals surface area contributed by atoms with Crippen molar-refractivity contribution in [2.45, 2.75) is 50.9 Å². The maximum absolute atomic E-state index is 13.7. The highest BCUT2D eigenvalue weighted by molar-refractivity contribution is 6.30. The third-order valence-corrected chi connectivity index (χ3v) is 6.59. The average molecular weight is 520 g/mol. The van der Waals surface area contributed by atoms with Crippen LogP contribution in [0.4, 0.5) is 0 Å². The summed E-state index contributed by atoms with van der Waals surface area (Å²) in [5.41, 5.74) is 1.37. The third-order valence-electron chi connectivity index (χ3n) is 6.34. The van der Waals surface area contributed by atoms with Gasteiger partial charge in [0.25, 0.3) is 0 Å². The summed E-state index contributed by atoms with van der Waals surface area (Å²) in [5.74, 6) is 0.312. The molecule has 0 aliphatic heterocycles. The molecule has 1 fully saturated rings. The molecule has 1 atom stereocenters. The fraction of sp³-hybridized carbons (Fsp3) is 0.308. The Hall–Kier alpha value is -4.05. The van der Waals surface area contributed by atoms with E-state index < -0.39 is 6.04 Å². The van der Waals surface area contributed by atoms with E-state index in [-0.39, 0.29) is 30.9 Å². The van der Waals surface area contributed by atoms with Crippen molar-refractivity contribution in [2.24, 2.45) is 0 Å². The van der Waals surface area contributed by atoms with Crippen LogP contribution in [0.25, 0.3) is 11.4 Å². The minimum absolute atomic E-state index is 0.0929. The molecule has 0 saturated heterocycles. The largest absolute Gasteiger partial charge is 0.467 e. The van der Waals surface area contributed by atoms with Gasteiger partial charge in [0.2, 0.25) is 17.6 Å². The van der Waals surface area contributed by atoms with Gasteiger partial charge in [-0.15, -0.1) is 10.2 Å². The number of carbonyl (C=O) groups excluding carboxylic acids is 2. The van der Waals surface area contributed by atoms with E-state index in [2.05, 4.69) is 25.7 Å². The number of carbonyl (C=O) groups is 2. The van der Waals surface area contributed by atoms with Gasteiger partial charge in [0, 0.05) is 29.0 Å². The topological polar surface area (TPSA) is 119 Å². The molecule has 0 unspecified atom stereocenters. The van der Waals surface area contributed by atoms with Gasteiger partial charge in [-0.3, -0.25) is 14.6 Å². The minimum Gasteiger partial charge on any atom is -0.467 e. The molecule has 190 valence electrons. The van der Waals surface area contributed by atoms with Gasteiger partial charge in [0.05, 0.1) is 12.8 Å². The number of tetrazole rings is 1. The van der Waals surface area contributed by atoms with Crippen LogP contribution in [0.1, 0.15) is 43.0 Å². The smallest absolute Gasteiger partial charge is 0.247 e. The highest BCUT2D eigenvalue weighted by Crippen LogP contribution is 2.26. The van der Waals surface area contributed by atoms with E-state index in [0.717, 1.165) is 31.2 Å². The number of benzene rings is 1. The number of nitrogens with one attached hydrogen (secondary N) is 1. The Morgan fingerprint density at radius 1 is 1.11 bits per heavy atom. The fourth-order valence-electron chi connectivity index (χ4n) is 4.50. The van der Waals surface area contributed by atoms with Gasteiger partial charge in [0.1, 0.15) is 18.3 Å². The maximum Gasteiger partial charge on any atom is 0.247 e. The highest BCUT2D eigenvalue weighted by Gasteiger charge is 2.34. The molecular weight excluding hydrogens is 494 g/mol. The van der Waals surface area contributed by atoms with Gasteiger partial charge in [-0.2, -0.15) is 4.80 Å². The lowest BCUT2D eigenvalue weighted by molar-refractivity contribution is -0.143. The standard InChI is InChI=1S/C26H26ClN7O3/c27-20-9-7-19(8-10-20)25-30-32-34(31-25)17-23(35)33(16-22-6-3-15-37-22)24(18-11-13-28-14-12-18)26(36)29-21-4-1-2-5-21/h3,6-15,21,24H,1-2,4-5,16-17H2,(H,29,36)/t24-/m1/s1. The molecule has 1 N–H and O–H groups in total. The van der Waals surface area contributed by atoms with E-state index in [9.17, 15) is 9.59 Å². The summed E-state index contributed by atoms with van der Waals surface area (Å²) >= 11 is 5.97. The first-order chi connectivity index (χ1) is 18.1.